The highest BCUT2D eigenvalue weighted by Crippen LogP contribution is 2.30. The molecule has 0 bridgehead atoms. The Balaban J connectivity index is 2.35. The summed E-state index contributed by atoms with van der Waals surface area (Å²) in [6.45, 7) is 9.38. The number of hydrogen-bond donors (Lipinski definition) is 1. The summed E-state index contributed by atoms with van der Waals surface area (Å²) in [6, 6.07) is 0.436. The van der Waals surface area contributed by atoms with Crippen molar-refractivity contribution in [3.63, 3.8) is 0 Å². The van der Waals surface area contributed by atoms with E-state index in [0.29, 0.717) is 6.04 Å². The lowest BCUT2D eigenvalue weighted by Crippen LogP contribution is -2.43. The van der Waals surface area contributed by atoms with Crippen molar-refractivity contribution in [3.05, 3.63) is 0 Å². The predicted octanol–water partition coefficient (Wildman–Crippen LogP) is 2.41. The van der Waals surface area contributed by atoms with Crippen molar-refractivity contribution in [1.82, 2.24) is 9.80 Å². The van der Waals surface area contributed by atoms with Crippen LogP contribution in [0.25, 0.3) is 0 Å². The predicted molar refractivity (Wildman–Crippen MR) is 84.4 cm³/mol. The first-order chi connectivity index (χ1) is 9.06. The molecule has 1 aliphatic carbocycles. The monoisotopic (exact) mass is 269 g/mol. The van der Waals surface area contributed by atoms with Gasteiger partial charge in [-0.1, -0.05) is 20.3 Å². The summed E-state index contributed by atoms with van der Waals surface area (Å²) >= 11 is 0. The zero-order chi connectivity index (χ0) is 14.3. The molecular weight excluding hydrogens is 234 g/mol. The van der Waals surface area contributed by atoms with Crippen molar-refractivity contribution in [2.24, 2.45) is 17.6 Å². The largest absolute Gasteiger partial charge is 0.327 e. The summed E-state index contributed by atoms with van der Waals surface area (Å²) in [4.78, 5) is 4.87. The van der Waals surface area contributed by atoms with Gasteiger partial charge in [0.15, 0.2) is 0 Å². The quantitative estimate of drug-likeness (QED) is 0.734. The Bertz CT molecular complexity index is 230. The maximum Gasteiger partial charge on any atom is 0.00795 e. The third-order valence-electron chi connectivity index (χ3n) is 4.75. The summed E-state index contributed by atoms with van der Waals surface area (Å²) in [7, 11) is 4.30. The summed E-state index contributed by atoms with van der Waals surface area (Å²) in [5.74, 6) is 1.64. The van der Waals surface area contributed by atoms with Crippen molar-refractivity contribution in [2.75, 3.05) is 40.3 Å². The maximum atomic E-state index is 6.34. The fourth-order valence-corrected chi connectivity index (χ4v) is 3.29. The summed E-state index contributed by atoms with van der Waals surface area (Å²) < 4.78 is 0. The highest BCUT2D eigenvalue weighted by molar-refractivity contribution is 4.84. The molecular formula is C16H35N3. The number of hydrogen-bond acceptors (Lipinski definition) is 3. The lowest BCUT2D eigenvalue weighted by atomic mass is 9.77. The van der Waals surface area contributed by atoms with Gasteiger partial charge in [-0.3, -0.25) is 0 Å². The molecule has 3 heteroatoms. The van der Waals surface area contributed by atoms with Crippen molar-refractivity contribution in [1.29, 1.82) is 0 Å². The first-order valence-corrected chi connectivity index (χ1v) is 8.19. The zero-order valence-electron chi connectivity index (χ0n) is 13.6. The van der Waals surface area contributed by atoms with E-state index in [-0.39, 0.29) is 0 Å². The Morgan fingerprint density at radius 1 is 1.11 bits per heavy atom. The minimum absolute atomic E-state index is 0.436. The fourth-order valence-electron chi connectivity index (χ4n) is 3.29. The fraction of sp³-hybridized carbons (Fsp3) is 1.00. The van der Waals surface area contributed by atoms with Crippen LogP contribution in [-0.2, 0) is 0 Å². The second kappa shape index (κ2) is 8.93. The molecule has 1 aliphatic rings. The molecule has 3 atom stereocenters. The molecule has 1 saturated carbocycles. The zero-order valence-corrected chi connectivity index (χ0v) is 13.6. The van der Waals surface area contributed by atoms with Crippen LogP contribution < -0.4 is 5.73 Å². The van der Waals surface area contributed by atoms with Gasteiger partial charge >= 0.3 is 0 Å². The molecule has 114 valence electrons. The van der Waals surface area contributed by atoms with Gasteiger partial charge in [-0.25, -0.2) is 0 Å². The van der Waals surface area contributed by atoms with E-state index in [1.165, 1.54) is 51.7 Å². The molecule has 1 rings (SSSR count). The van der Waals surface area contributed by atoms with Crippen LogP contribution in [0.2, 0.25) is 0 Å². The van der Waals surface area contributed by atoms with E-state index in [4.69, 9.17) is 5.73 Å². The van der Waals surface area contributed by atoms with Gasteiger partial charge in [0.25, 0.3) is 0 Å². The van der Waals surface area contributed by atoms with Gasteiger partial charge in [0, 0.05) is 12.6 Å². The molecule has 2 N–H and O–H groups in total. The van der Waals surface area contributed by atoms with Crippen molar-refractivity contribution in [3.8, 4) is 0 Å². The Hall–Kier alpha value is -0.120. The Morgan fingerprint density at radius 3 is 2.42 bits per heavy atom. The summed E-state index contributed by atoms with van der Waals surface area (Å²) in [6.07, 6.45) is 6.52. The van der Waals surface area contributed by atoms with Crippen molar-refractivity contribution >= 4 is 0 Å². The van der Waals surface area contributed by atoms with E-state index in [1.807, 2.05) is 0 Å². The molecule has 0 saturated heterocycles. The molecule has 0 aromatic rings. The molecule has 0 spiro atoms. The van der Waals surface area contributed by atoms with Crippen LogP contribution in [0.4, 0.5) is 0 Å². The standard InChI is InChI=1S/C16H35N3/c1-5-14-8-9-16(17)15(12-14)13-19(6-2)11-7-10-18(3)4/h14-16H,5-13,17H2,1-4H3. The number of nitrogens with zero attached hydrogens (tertiary/aromatic N) is 2. The van der Waals surface area contributed by atoms with E-state index >= 15 is 0 Å². The van der Waals surface area contributed by atoms with Gasteiger partial charge in [-0.2, -0.15) is 0 Å². The van der Waals surface area contributed by atoms with Gasteiger partial charge in [0.05, 0.1) is 0 Å². The molecule has 0 heterocycles. The third-order valence-corrected chi connectivity index (χ3v) is 4.75. The van der Waals surface area contributed by atoms with Crippen LogP contribution in [0.1, 0.15) is 46.0 Å². The molecule has 0 aromatic heterocycles. The summed E-state index contributed by atoms with van der Waals surface area (Å²) in [5.41, 5.74) is 6.34. The SMILES string of the molecule is CCC1CCC(N)C(CN(CC)CCCN(C)C)C1. The number of nitrogens with two attached hydrogens (primary N) is 1. The van der Waals surface area contributed by atoms with Crippen LogP contribution in [0.15, 0.2) is 0 Å². The number of rotatable bonds is 8. The molecule has 0 radical (unpaired) electrons. The smallest absolute Gasteiger partial charge is 0.00795 e. The van der Waals surface area contributed by atoms with Crippen LogP contribution in [0.3, 0.4) is 0 Å². The molecule has 19 heavy (non-hydrogen) atoms. The molecule has 0 amide bonds. The third kappa shape index (κ3) is 6.24. The highest BCUT2D eigenvalue weighted by atomic mass is 15.1. The van der Waals surface area contributed by atoms with E-state index in [9.17, 15) is 0 Å². The van der Waals surface area contributed by atoms with Gasteiger partial charge in [0.1, 0.15) is 0 Å². The van der Waals surface area contributed by atoms with Crippen LogP contribution >= 0.6 is 0 Å². The molecule has 3 nitrogen and oxygen atoms in total. The Kier molecular flexibility index (Phi) is 7.96. The van der Waals surface area contributed by atoms with Crippen molar-refractivity contribution in [2.45, 2.75) is 52.0 Å². The average Bonchev–Trinajstić information content (AvgIpc) is 2.39. The van der Waals surface area contributed by atoms with Crippen LogP contribution in [0, 0.1) is 11.8 Å². The van der Waals surface area contributed by atoms with Crippen LogP contribution in [-0.4, -0.2) is 56.1 Å². The lowest BCUT2D eigenvalue weighted by molar-refractivity contribution is 0.154. The van der Waals surface area contributed by atoms with E-state index in [2.05, 4.69) is 37.7 Å². The van der Waals surface area contributed by atoms with E-state index < -0.39 is 0 Å². The van der Waals surface area contributed by atoms with E-state index in [0.717, 1.165) is 18.4 Å². The minimum atomic E-state index is 0.436. The maximum absolute atomic E-state index is 6.34. The van der Waals surface area contributed by atoms with Gasteiger partial charge in [-0.15, -0.1) is 0 Å². The second-order valence-corrected chi connectivity index (χ2v) is 6.56. The van der Waals surface area contributed by atoms with Gasteiger partial charge < -0.3 is 15.5 Å². The highest BCUT2D eigenvalue weighted by Gasteiger charge is 2.28. The van der Waals surface area contributed by atoms with Crippen molar-refractivity contribution < 1.29 is 0 Å². The first-order valence-electron chi connectivity index (χ1n) is 8.19. The molecule has 0 aromatic carbocycles. The summed E-state index contributed by atoms with van der Waals surface area (Å²) in [5, 5.41) is 0. The normalized spacial score (nSPS) is 28.3. The Labute approximate surface area is 120 Å². The Morgan fingerprint density at radius 2 is 1.84 bits per heavy atom. The average molecular weight is 269 g/mol. The minimum Gasteiger partial charge on any atom is -0.327 e. The second-order valence-electron chi connectivity index (χ2n) is 6.56. The van der Waals surface area contributed by atoms with Gasteiger partial charge in [-0.05, 0) is 71.2 Å². The topological polar surface area (TPSA) is 32.5 Å². The molecule has 3 unspecified atom stereocenters. The molecule has 1 fully saturated rings. The van der Waals surface area contributed by atoms with Gasteiger partial charge in [0.2, 0.25) is 0 Å². The lowest BCUT2D eigenvalue weighted by Gasteiger charge is -2.37. The first kappa shape index (κ1) is 16.9. The van der Waals surface area contributed by atoms with E-state index in [1.54, 1.807) is 0 Å². The molecule has 0 aliphatic heterocycles. The van der Waals surface area contributed by atoms with Crippen LogP contribution in [0.5, 0.6) is 0 Å².